The first-order valence-corrected chi connectivity index (χ1v) is 8.97. The summed E-state index contributed by atoms with van der Waals surface area (Å²) in [4.78, 5) is 11.5. The van der Waals surface area contributed by atoms with Gasteiger partial charge in [-0.15, -0.1) is 0 Å². The summed E-state index contributed by atoms with van der Waals surface area (Å²) in [5, 5.41) is 0. The monoisotopic (exact) mass is 448 g/mol. The average molecular weight is 449 g/mol. The molecule has 27 heavy (non-hydrogen) atoms. The zero-order valence-electron chi connectivity index (χ0n) is 14.6. The first kappa shape index (κ1) is 21.2. The Kier molecular flexibility index (Phi) is 6.86. The fourth-order valence-electron chi connectivity index (χ4n) is 2.37. The van der Waals surface area contributed by atoms with Gasteiger partial charge in [-0.1, -0.05) is 19.9 Å². The van der Waals surface area contributed by atoms with Crippen molar-refractivity contribution in [2.45, 2.75) is 39.5 Å². The summed E-state index contributed by atoms with van der Waals surface area (Å²) in [6, 6.07) is 5.90. The van der Waals surface area contributed by atoms with Crippen LogP contribution in [0.25, 0.3) is 0 Å². The van der Waals surface area contributed by atoms with Crippen LogP contribution in [0.4, 0.5) is 17.6 Å². The van der Waals surface area contributed by atoms with Gasteiger partial charge in [0.15, 0.2) is 0 Å². The number of halogens is 5. The van der Waals surface area contributed by atoms with E-state index in [1.165, 1.54) is 19.1 Å². The number of aryl methyl sites for hydroxylation is 1. The van der Waals surface area contributed by atoms with Gasteiger partial charge in [0.1, 0.15) is 23.9 Å². The Hall–Kier alpha value is -2.09. The van der Waals surface area contributed by atoms with Gasteiger partial charge in [-0.3, -0.25) is 4.79 Å². The number of carbonyl (C=O) groups is 1. The standard InChI is InChI=1S/C19H17BrF4O3/c1-3-11-8-14(20)17(9-15(11)21)26-10-12-13(19(22,23)24)6-5-7-16(12)27-18(25)4-2/h5-9H,3-4,10H2,1-2H3. The molecule has 3 nitrogen and oxygen atoms in total. The Balaban J connectivity index is 2.39. The van der Waals surface area contributed by atoms with Gasteiger partial charge in [0.2, 0.25) is 0 Å². The minimum atomic E-state index is -4.66. The smallest absolute Gasteiger partial charge is 0.416 e. The Morgan fingerprint density at radius 2 is 1.85 bits per heavy atom. The van der Waals surface area contributed by atoms with Crippen LogP contribution in [0.5, 0.6) is 11.5 Å². The molecule has 0 aromatic heterocycles. The molecule has 0 spiro atoms. The molecule has 0 amide bonds. The summed E-state index contributed by atoms with van der Waals surface area (Å²) in [5.74, 6) is -1.37. The van der Waals surface area contributed by atoms with E-state index in [1.54, 1.807) is 6.92 Å². The van der Waals surface area contributed by atoms with Crippen molar-refractivity contribution >= 4 is 21.9 Å². The van der Waals surface area contributed by atoms with Gasteiger partial charge < -0.3 is 9.47 Å². The van der Waals surface area contributed by atoms with Crippen molar-refractivity contribution in [1.29, 1.82) is 0 Å². The SMILES string of the molecule is CCC(=O)Oc1cccc(C(F)(F)F)c1COc1cc(F)c(CC)cc1Br. The minimum Gasteiger partial charge on any atom is -0.487 e. The second kappa shape index (κ2) is 8.73. The van der Waals surface area contributed by atoms with Crippen LogP contribution in [0.1, 0.15) is 37.0 Å². The Morgan fingerprint density at radius 3 is 2.44 bits per heavy atom. The minimum absolute atomic E-state index is 0.00574. The van der Waals surface area contributed by atoms with Crippen LogP contribution in [0, 0.1) is 5.82 Å². The fourth-order valence-corrected chi connectivity index (χ4v) is 2.88. The molecule has 0 bridgehead atoms. The summed E-state index contributed by atoms with van der Waals surface area (Å²) in [6.45, 7) is 2.76. The number of rotatable bonds is 6. The van der Waals surface area contributed by atoms with Gasteiger partial charge in [-0.2, -0.15) is 13.2 Å². The van der Waals surface area contributed by atoms with Crippen LogP contribution in [-0.4, -0.2) is 5.97 Å². The van der Waals surface area contributed by atoms with Crippen LogP contribution in [0.2, 0.25) is 0 Å². The number of ether oxygens (including phenoxy) is 2. The van der Waals surface area contributed by atoms with Crippen molar-refractivity contribution in [2.24, 2.45) is 0 Å². The largest absolute Gasteiger partial charge is 0.487 e. The molecule has 0 aliphatic rings. The second-order valence-corrected chi connectivity index (χ2v) is 6.48. The highest BCUT2D eigenvalue weighted by molar-refractivity contribution is 9.10. The van der Waals surface area contributed by atoms with E-state index < -0.39 is 30.1 Å². The molecule has 2 aromatic rings. The van der Waals surface area contributed by atoms with Crippen LogP contribution in [0.3, 0.4) is 0 Å². The Bertz CT molecular complexity index is 834. The normalized spacial score (nSPS) is 11.4. The molecule has 146 valence electrons. The van der Waals surface area contributed by atoms with E-state index >= 15 is 0 Å². The third-order valence-electron chi connectivity index (χ3n) is 3.80. The van der Waals surface area contributed by atoms with Gasteiger partial charge in [-0.25, -0.2) is 4.39 Å². The molecule has 0 heterocycles. The van der Waals surface area contributed by atoms with Gasteiger partial charge in [0.05, 0.1) is 10.0 Å². The number of benzene rings is 2. The summed E-state index contributed by atoms with van der Waals surface area (Å²) in [7, 11) is 0. The van der Waals surface area contributed by atoms with Gasteiger partial charge in [-0.05, 0) is 46.1 Å². The van der Waals surface area contributed by atoms with Crippen molar-refractivity contribution in [1.82, 2.24) is 0 Å². The molecule has 0 aliphatic heterocycles. The first-order valence-electron chi connectivity index (χ1n) is 8.17. The first-order chi connectivity index (χ1) is 12.7. The quantitative estimate of drug-likeness (QED) is 0.306. The third kappa shape index (κ3) is 5.22. The Morgan fingerprint density at radius 1 is 1.15 bits per heavy atom. The zero-order valence-corrected chi connectivity index (χ0v) is 16.2. The van der Waals surface area contributed by atoms with Crippen molar-refractivity contribution in [3.63, 3.8) is 0 Å². The van der Waals surface area contributed by atoms with Crippen LogP contribution < -0.4 is 9.47 Å². The lowest BCUT2D eigenvalue weighted by Gasteiger charge is -2.18. The van der Waals surface area contributed by atoms with Gasteiger partial charge >= 0.3 is 12.1 Å². The molecule has 0 fully saturated rings. The van der Waals surface area contributed by atoms with Crippen LogP contribution >= 0.6 is 15.9 Å². The van der Waals surface area contributed by atoms with E-state index in [-0.39, 0.29) is 23.5 Å². The van der Waals surface area contributed by atoms with Crippen LogP contribution in [-0.2, 0) is 24.0 Å². The molecule has 0 radical (unpaired) electrons. The zero-order chi connectivity index (χ0) is 20.2. The second-order valence-electron chi connectivity index (χ2n) is 5.62. The lowest BCUT2D eigenvalue weighted by molar-refractivity contribution is -0.140. The summed E-state index contributed by atoms with van der Waals surface area (Å²) >= 11 is 3.22. The molecule has 2 aromatic carbocycles. The lowest BCUT2D eigenvalue weighted by Crippen LogP contribution is -2.15. The molecule has 2 rings (SSSR count). The van der Waals surface area contributed by atoms with Crippen molar-refractivity contribution in [2.75, 3.05) is 0 Å². The van der Waals surface area contributed by atoms with E-state index in [2.05, 4.69) is 15.9 Å². The van der Waals surface area contributed by atoms with E-state index in [0.717, 1.165) is 18.2 Å². The van der Waals surface area contributed by atoms with Gasteiger partial charge in [0, 0.05) is 18.1 Å². The number of hydrogen-bond donors (Lipinski definition) is 0. The summed E-state index contributed by atoms with van der Waals surface area (Å²) in [6.07, 6.45) is -4.20. The van der Waals surface area contributed by atoms with Crippen molar-refractivity contribution < 1.29 is 31.8 Å². The van der Waals surface area contributed by atoms with E-state index in [9.17, 15) is 22.4 Å². The molecule has 0 aliphatic carbocycles. The summed E-state index contributed by atoms with van der Waals surface area (Å²) < 4.78 is 64.9. The number of alkyl halides is 3. The van der Waals surface area contributed by atoms with E-state index in [4.69, 9.17) is 9.47 Å². The average Bonchev–Trinajstić information content (AvgIpc) is 2.61. The maximum Gasteiger partial charge on any atom is 0.416 e. The van der Waals surface area contributed by atoms with E-state index in [1.807, 2.05) is 0 Å². The van der Waals surface area contributed by atoms with E-state index in [0.29, 0.717) is 16.5 Å². The topological polar surface area (TPSA) is 35.5 Å². The predicted molar refractivity (Wildman–Crippen MR) is 95.2 cm³/mol. The number of carbonyl (C=O) groups excluding carboxylic acids is 1. The van der Waals surface area contributed by atoms with Crippen molar-refractivity contribution in [3.05, 3.63) is 57.3 Å². The molecule has 0 saturated carbocycles. The number of hydrogen-bond acceptors (Lipinski definition) is 3. The molecule has 0 N–H and O–H groups in total. The lowest BCUT2D eigenvalue weighted by atomic mass is 10.1. The van der Waals surface area contributed by atoms with Gasteiger partial charge in [0.25, 0.3) is 0 Å². The summed E-state index contributed by atoms with van der Waals surface area (Å²) in [5.41, 5.74) is -0.869. The predicted octanol–water partition coefficient (Wildman–Crippen LogP) is 6.06. The van der Waals surface area contributed by atoms with Crippen molar-refractivity contribution in [3.8, 4) is 11.5 Å². The third-order valence-corrected chi connectivity index (χ3v) is 4.42. The molecule has 0 unspecified atom stereocenters. The maximum atomic E-state index is 14.0. The highest BCUT2D eigenvalue weighted by Crippen LogP contribution is 2.37. The maximum absolute atomic E-state index is 14.0. The molecule has 0 atom stereocenters. The molecular formula is C19H17BrF4O3. The molecular weight excluding hydrogens is 432 g/mol. The molecule has 8 heteroatoms. The molecule has 0 saturated heterocycles. The fraction of sp³-hybridized carbons (Fsp3) is 0.316. The number of esters is 1. The Labute approximate surface area is 162 Å². The van der Waals surface area contributed by atoms with Crippen LogP contribution in [0.15, 0.2) is 34.8 Å². The highest BCUT2D eigenvalue weighted by Gasteiger charge is 2.35. The highest BCUT2D eigenvalue weighted by atomic mass is 79.9.